The highest BCUT2D eigenvalue weighted by Gasteiger charge is 2.17. The Morgan fingerprint density at radius 1 is 1.16 bits per heavy atom. The lowest BCUT2D eigenvalue weighted by Crippen LogP contribution is -2.16. The standard InChI is InChI=1S/C17H24O2/c1-12(2)15(16(18)19)11-8-13-6-9-14(10-7-13)17(3,4)5/h6-12,15H,1-5H3,(H,18,19). The second-order valence-corrected chi connectivity index (χ2v) is 6.34. The van der Waals surface area contributed by atoms with Gasteiger partial charge in [0, 0.05) is 0 Å². The van der Waals surface area contributed by atoms with Crippen LogP contribution in [-0.2, 0) is 10.2 Å². The van der Waals surface area contributed by atoms with Crippen molar-refractivity contribution in [2.24, 2.45) is 11.8 Å². The summed E-state index contributed by atoms with van der Waals surface area (Å²) in [5.74, 6) is -1.09. The van der Waals surface area contributed by atoms with E-state index in [-0.39, 0.29) is 11.3 Å². The summed E-state index contributed by atoms with van der Waals surface area (Å²) >= 11 is 0. The predicted molar refractivity (Wildman–Crippen MR) is 80.1 cm³/mol. The van der Waals surface area contributed by atoms with Crippen LogP contribution >= 0.6 is 0 Å². The van der Waals surface area contributed by atoms with E-state index in [2.05, 4.69) is 32.9 Å². The van der Waals surface area contributed by atoms with Gasteiger partial charge >= 0.3 is 5.97 Å². The van der Waals surface area contributed by atoms with Gasteiger partial charge in [0.25, 0.3) is 0 Å². The van der Waals surface area contributed by atoms with Crippen LogP contribution in [-0.4, -0.2) is 11.1 Å². The lowest BCUT2D eigenvalue weighted by Gasteiger charge is -2.18. The molecule has 0 saturated carbocycles. The summed E-state index contributed by atoms with van der Waals surface area (Å²) in [6, 6.07) is 8.28. The van der Waals surface area contributed by atoms with Gasteiger partial charge in [0.1, 0.15) is 0 Å². The molecule has 1 N–H and O–H groups in total. The van der Waals surface area contributed by atoms with Gasteiger partial charge < -0.3 is 5.11 Å². The van der Waals surface area contributed by atoms with Gasteiger partial charge in [-0.25, -0.2) is 0 Å². The average Bonchev–Trinajstić information content (AvgIpc) is 2.27. The number of hydrogen-bond acceptors (Lipinski definition) is 1. The number of carboxylic acids is 1. The molecule has 0 aliphatic rings. The van der Waals surface area contributed by atoms with E-state index in [1.54, 1.807) is 6.08 Å². The number of rotatable bonds is 4. The lowest BCUT2D eigenvalue weighted by atomic mass is 9.86. The van der Waals surface area contributed by atoms with E-state index in [0.29, 0.717) is 0 Å². The van der Waals surface area contributed by atoms with Gasteiger partial charge in [0.15, 0.2) is 0 Å². The van der Waals surface area contributed by atoms with Crippen LogP contribution in [0.25, 0.3) is 6.08 Å². The Morgan fingerprint density at radius 3 is 2.05 bits per heavy atom. The van der Waals surface area contributed by atoms with E-state index in [9.17, 15) is 4.79 Å². The van der Waals surface area contributed by atoms with Gasteiger partial charge in [0.05, 0.1) is 5.92 Å². The zero-order valence-corrected chi connectivity index (χ0v) is 12.5. The third-order valence-corrected chi connectivity index (χ3v) is 3.28. The Labute approximate surface area is 116 Å². The van der Waals surface area contributed by atoms with E-state index >= 15 is 0 Å². The van der Waals surface area contributed by atoms with Crippen LogP contribution in [0.3, 0.4) is 0 Å². The Balaban J connectivity index is 2.86. The van der Waals surface area contributed by atoms with Gasteiger partial charge in [-0.1, -0.05) is 71.0 Å². The van der Waals surface area contributed by atoms with Crippen molar-refractivity contribution in [3.05, 3.63) is 41.5 Å². The normalized spacial score (nSPS) is 14.0. The molecule has 1 atom stereocenters. The first kappa shape index (κ1) is 15.5. The van der Waals surface area contributed by atoms with Gasteiger partial charge in [-0.05, 0) is 22.5 Å². The maximum atomic E-state index is 11.1. The molecule has 1 unspecified atom stereocenters. The van der Waals surface area contributed by atoms with Crippen molar-refractivity contribution in [2.75, 3.05) is 0 Å². The molecule has 1 aromatic rings. The minimum Gasteiger partial charge on any atom is -0.481 e. The number of hydrogen-bond donors (Lipinski definition) is 1. The molecule has 1 aromatic carbocycles. The van der Waals surface area contributed by atoms with E-state index < -0.39 is 11.9 Å². The average molecular weight is 260 g/mol. The maximum Gasteiger partial charge on any atom is 0.310 e. The third-order valence-electron chi connectivity index (χ3n) is 3.28. The largest absolute Gasteiger partial charge is 0.481 e. The molecule has 0 aromatic heterocycles. The molecule has 104 valence electrons. The zero-order valence-electron chi connectivity index (χ0n) is 12.5. The van der Waals surface area contributed by atoms with Crippen LogP contribution in [0.15, 0.2) is 30.3 Å². The zero-order chi connectivity index (χ0) is 14.6. The molecule has 0 saturated heterocycles. The fraction of sp³-hybridized carbons (Fsp3) is 0.471. The molecule has 0 amide bonds. The van der Waals surface area contributed by atoms with Crippen LogP contribution in [0.4, 0.5) is 0 Å². The van der Waals surface area contributed by atoms with E-state index in [1.807, 2.05) is 32.1 Å². The number of carbonyl (C=O) groups is 1. The third kappa shape index (κ3) is 4.55. The van der Waals surface area contributed by atoms with Crippen LogP contribution in [0.1, 0.15) is 45.7 Å². The number of carboxylic acid groups (broad SMARTS) is 1. The molecule has 0 heterocycles. The minimum absolute atomic E-state index is 0.0996. The summed E-state index contributed by atoms with van der Waals surface area (Å²) in [6.45, 7) is 10.4. The monoisotopic (exact) mass is 260 g/mol. The molecule has 0 spiro atoms. The van der Waals surface area contributed by atoms with Crippen molar-refractivity contribution < 1.29 is 9.90 Å². The molecule has 1 rings (SSSR count). The fourth-order valence-corrected chi connectivity index (χ4v) is 1.90. The van der Waals surface area contributed by atoms with Crippen molar-refractivity contribution >= 4 is 12.0 Å². The van der Waals surface area contributed by atoms with Crippen LogP contribution in [0.5, 0.6) is 0 Å². The number of aliphatic carboxylic acids is 1. The first-order valence-electron chi connectivity index (χ1n) is 6.73. The molecule has 0 fully saturated rings. The topological polar surface area (TPSA) is 37.3 Å². The van der Waals surface area contributed by atoms with Crippen molar-refractivity contribution in [3.63, 3.8) is 0 Å². The van der Waals surface area contributed by atoms with Crippen molar-refractivity contribution in [1.82, 2.24) is 0 Å². The van der Waals surface area contributed by atoms with Gasteiger partial charge in [-0.15, -0.1) is 0 Å². The Hall–Kier alpha value is -1.57. The summed E-state index contributed by atoms with van der Waals surface area (Å²) in [5.41, 5.74) is 2.47. The quantitative estimate of drug-likeness (QED) is 0.873. The van der Waals surface area contributed by atoms with Crippen LogP contribution in [0.2, 0.25) is 0 Å². The highest BCUT2D eigenvalue weighted by atomic mass is 16.4. The smallest absolute Gasteiger partial charge is 0.310 e. The summed E-state index contributed by atoms with van der Waals surface area (Å²) in [5, 5.41) is 9.12. The summed E-state index contributed by atoms with van der Waals surface area (Å²) in [6.07, 6.45) is 3.67. The second kappa shape index (κ2) is 6.05. The summed E-state index contributed by atoms with van der Waals surface area (Å²) in [7, 11) is 0. The molecule has 2 heteroatoms. The van der Waals surface area contributed by atoms with Crippen molar-refractivity contribution in [2.45, 2.75) is 40.0 Å². The Morgan fingerprint density at radius 2 is 1.68 bits per heavy atom. The van der Waals surface area contributed by atoms with Crippen molar-refractivity contribution in [1.29, 1.82) is 0 Å². The molecule has 0 aliphatic heterocycles. The maximum absolute atomic E-state index is 11.1. The first-order chi connectivity index (χ1) is 8.71. The van der Waals surface area contributed by atoms with Gasteiger partial charge in [-0.3, -0.25) is 4.79 Å². The van der Waals surface area contributed by atoms with Crippen molar-refractivity contribution in [3.8, 4) is 0 Å². The summed E-state index contributed by atoms with van der Waals surface area (Å²) < 4.78 is 0. The highest BCUT2D eigenvalue weighted by molar-refractivity contribution is 5.74. The van der Waals surface area contributed by atoms with Gasteiger partial charge in [0.2, 0.25) is 0 Å². The first-order valence-corrected chi connectivity index (χ1v) is 6.73. The molecule has 0 aliphatic carbocycles. The Bertz CT molecular complexity index is 447. The number of benzene rings is 1. The highest BCUT2D eigenvalue weighted by Crippen LogP contribution is 2.23. The molecule has 2 nitrogen and oxygen atoms in total. The van der Waals surface area contributed by atoms with E-state index in [1.165, 1.54) is 5.56 Å². The molecular formula is C17H24O2. The Kier molecular flexibility index (Phi) is 4.93. The molecule has 0 bridgehead atoms. The minimum atomic E-state index is -0.766. The van der Waals surface area contributed by atoms with E-state index in [4.69, 9.17) is 5.11 Å². The van der Waals surface area contributed by atoms with Gasteiger partial charge in [-0.2, -0.15) is 0 Å². The summed E-state index contributed by atoms with van der Waals surface area (Å²) in [4.78, 5) is 11.1. The molecule has 0 radical (unpaired) electrons. The SMILES string of the molecule is CC(C)C(C=Cc1ccc(C(C)(C)C)cc1)C(=O)O. The van der Waals surface area contributed by atoms with Crippen LogP contribution < -0.4 is 0 Å². The molecule has 19 heavy (non-hydrogen) atoms. The molecular weight excluding hydrogens is 236 g/mol. The van der Waals surface area contributed by atoms with E-state index in [0.717, 1.165) is 5.56 Å². The fourth-order valence-electron chi connectivity index (χ4n) is 1.90. The predicted octanol–water partition coefficient (Wildman–Crippen LogP) is 4.35. The second-order valence-electron chi connectivity index (χ2n) is 6.34. The lowest BCUT2D eigenvalue weighted by molar-refractivity contribution is -0.141. The van der Waals surface area contributed by atoms with Crippen LogP contribution in [0, 0.1) is 11.8 Å².